The molecule has 0 heterocycles. The molecule has 0 aromatic heterocycles. The van der Waals surface area contributed by atoms with E-state index in [1.165, 1.54) is 44.9 Å². The molecular formula is C15H31NO. The fraction of sp³-hybridized carbons (Fsp3) is 1.00. The highest BCUT2D eigenvalue weighted by molar-refractivity contribution is 4.72. The van der Waals surface area contributed by atoms with E-state index in [2.05, 4.69) is 26.1 Å². The molecule has 17 heavy (non-hydrogen) atoms. The lowest BCUT2D eigenvalue weighted by molar-refractivity contribution is -0.00665. The highest BCUT2D eigenvalue weighted by Crippen LogP contribution is 2.26. The summed E-state index contributed by atoms with van der Waals surface area (Å²) in [7, 11) is 0. The van der Waals surface area contributed by atoms with E-state index in [0.29, 0.717) is 12.1 Å². The Bertz CT molecular complexity index is 184. The third-order valence-electron chi connectivity index (χ3n) is 3.95. The standard InChI is InChI=1S/C15H31NO/c1-4-16-14(3)10-7-8-12-17-15-11-6-5-9-13(15)2/h13-16H,4-12H2,1-3H3. The second-order valence-electron chi connectivity index (χ2n) is 5.63. The first kappa shape index (κ1) is 15.0. The van der Waals surface area contributed by atoms with Gasteiger partial charge in [0.05, 0.1) is 6.10 Å². The summed E-state index contributed by atoms with van der Waals surface area (Å²) in [5.41, 5.74) is 0. The molecule has 1 saturated carbocycles. The molecule has 1 aliphatic carbocycles. The molecule has 102 valence electrons. The second-order valence-corrected chi connectivity index (χ2v) is 5.63. The average molecular weight is 241 g/mol. The number of nitrogens with one attached hydrogen (secondary N) is 1. The van der Waals surface area contributed by atoms with Crippen molar-refractivity contribution in [1.82, 2.24) is 5.32 Å². The molecule has 1 rings (SSSR count). The smallest absolute Gasteiger partial charge is 0.0600 e. The van der Waals surface area contributed by atoms with Crippen LogP contribution in [0.25, 0.3) is 0 Å². The third kappa shape index (κ3) is 6.42. The minimum Gasteiger partial charge on any atom is -0.378 e. The van der Waals surface area contributed by atoms with Gasteiger partial charge in [0.1, 0.15) is 0 Å². The molecule has 1 aliphatic rings. The largest absolute Gasteiger partial charge is 0.378 e. The number of hydrogen-bond acceptors (Lipinski definition) is 2. The molecule has 3 unspecified atom stereocenters. The molecule has 0 bridgehead atoms. The summed E-state index contributed by atoms with van der Waals surface area (Å²) in [4.78, 5) is 0. The molecule has 0 aromatic carbocycles. The van der Waals surface area contributed by atoms with Gasteiger partial charge in [-0.1, -0.05) is 26.7 Å². The van der Waals surface area contributed by atoms with Crippen LogP contribution in [0.2, 0.25) is 0 Å². The number of ether oxygens (including phenoxy) is 1. The van der Waals surface area contributed by atoms with Gasteiger partial charge in [0.15, 0.2) is 0 Å². The Hall–Kier alpha value is -0.0800. The van der Waals surface area contributed by atoms with E-state index in [9.17, 15) is 0 Å². The van der Waals surface area contributed by atoms with Crippen LogP contribution in [0.3, 0.4) is 0 Å². The van der Waals surface area contributed by atoms with Crippen molar-refractivity contribution < 1.29 is 4.74 Å². The summed E-state index contributed by atoms with van der Waals surface area (Å²) in [5, 5.41) is 3.45. The van der Waals surface area contributed by atoms with Crippen LogP contribution in [0.15, 0.2) is 0 Å². The lowest BCUT2D eigenvalue weighted by Crippen LogP contribution is -2.26. The lowest BCUT2D eigenvalue weighted by Gasteiger charge is -2.28. The van der Waals surface area contributed by atoms with Gasteiger partial charge in [0.25, 0.3) is 0 Å². The Balaban J connectivity index is 1.96. The fourth-order valence-electron chi connectivity index (χ4n) is 2.77. The first-order chi connectivity index (χ1) is 8.24. The van der Waals surface area contributed by atoms with Gasteiger partial charge in [-0.3, -0.25) is 0 Å². The van der Waals surface area contributed by atoms with E-state index >= 15 is 0 Å². The van der Waals surface area contributed by atoms with Crippen LogP contribution in [-0.2, 0) is 4.74 Å². The van der Waals surface area contributed by atoms with Crippen molar-refractivity contribution in [2.45, 2.75) is 77.9 Å². The van der Waals surface area contributed by atoms with E-state index in [-0.39, 0.29) is 0 Å². The van der Waals surface area contributed by atoms with E-state index in [1.54, 1.807) is 0 Å². The predicted octanol–water partition coefficient (Wildman–Crippen LogP) is 3.75. The maximum absolute atomic E-state index is 6.02. The molecule has 2 heteroatoms. The van der Waals surface area contributed by atoms with Crippen LogP contribution >= 0.6 is 0 Å². The van der Waals surface area contributed by atoms with E-state index < -0.39 is 0 Å². The van der Waals surface area contributed by atoms with Crippen LogP contribution in [0.5, 0.6) is 0 Å². The molecule has 0 aromatic rings. The molecule has 0 aliphatic heterocycles. The van der Waals surface area contributed by atoms with Gasteiger partial charge in [-0.05, 0) is 51.5 Å². The number of rotatable bonds is 8. The average Bonchev–Trinajstić information content (AvgIpc) is 2.31. The second kappa shape index (κ2) is 8.93. The topological polar surface area (TPSA) is 21.3 Å². The van der Waals surface area contributed by atoms with Crippen molar-refractivity contribution >= 4 is 0 Å². The van der Waals surface area contributed by atoms with E-state index in [1.807, 2.05) is 0 Å². The van der Waals surface area contributed by atoms with Gasteiger partial charge in [0.2, 0.25) is 0 Å². The molecule has 1 fully saturated rings. The Morgan fingerprint density at radius 1 is 1.24 bits per heavy atom. The SMILES string of the molecule is CCNC(C)CCCCOC1CCCCC1C. The zero-order valence-electron chi connectivity index (χ0n) is 12.0. The number of unbranched alkanes of at least 4 members (excludes halogenated alkanes) is 1. The summed E-state index contributed by atoms with van der Waals surface area (Å²) in [6.45, 7) is 8.83. The molecule has 0 saturated heterocycles. The molecule has 0 amide bonds. The fourth-order valence-corrected chi connectivity index (χ4v) is 2.77. The summed E-state index contributed by atoms with van der Waals surface area (Å²) in [6.07, 6.45) is 9.76. The normalized spacial score (nSPS) is 27.0. The van der Waals surface area contributed by atoms with Crippen LogP contribution in [0.4, 0.5) is 0 Å². The lowest BCUT2D eigenvalue weighted by atomic mass is 9.88. The predicted molar refractivity (Wildman–Crippen MR) is 74.4 cm³/mol. The zero-order valence-corrected chi connectivity index (χ0v) is 12.0. The van der Waals surface area contributed by atoms with Crippen molar-refractivity contribution in [3.8, 4) is 0 Å². The zero-order chi connectivity index (χ0) is 12.5. The molecule has 3 atom stereocenters. The van der Waals surface area contributed by atoms with Gasteiger partial charge in [0, 0.05) is 12.6 Å². The third-order valence-corrected chi connectivity index (χ3v) is 3.95. The highest BCUT2D eigenvalue weighted by Gasteiger charge is 2.21. The van der Waals surface area contributed by atoms with Crippen LogP contribution in [0, 0.1) is 5.92 Å². The summed E-state index contributed by atoms with van der Waals surface area (Å²) >= 11 is 0. The van der Waals surface area contributed by atoms with Crippen molar-refractivity contribution in [2.24, 2.45) is 5.92 Å². The summed E-state index contributed by atoms with van der Waals surface area (Å²) < 4.78 is 6.02. The Morgan fingerprint density at radius 3 is 2.71 bits per heavy atom. The summed E-state index contributed by atoms with van der Waals surface area (Å²) in [6, 6.07) is 0.661. The molecule has 0 spiro atoms. The van der Waals surface area contributed by atoms with Gasteiger partial charge in [-0.15, -0.1) is 0 Å². The Kier molecular flexibility index (Phi) is 7.87. The first-order valence-electron chi connectivity index (χ1n) is 7.59. The van der Waals surface area contributed by atoms with Gasteiger partial charge >= 0.3 is 0 Å². The molecule has 2 nitrogen and oxygen atoms in total. The molecule has 0 radical (unpaired) electrons. The van der Waals surface area contributed by atoms with E-state index in [4.69, 9.17) is 4.74 Å². The maximum atomic E-state index is 6.02. The van der Waals surface area contributed by atoms with Crippen molar-refractivity contribution in [3.63, 3.8) is 0 Å². The van der Waals surface area contributed by atoms with Crippen LogP contribution in [-0.4, -0.2) is 25.3 Å². The van der Waals surface area contributed by atoms with Crippen molar-refractivity contribution in [2.75, 3.05) is 13.2 Å². The maximum Gasteiger partial charge on any atom is 0.0600 e. The van der Waals surface area contributed by atoms with Gasteiger partial charge < -0.3 is 10.1 Å². The molecule has 1 N–H and O–H groups in total. The first-order valence-corrected chi connectivity index (χ1v) is 7.59. The van der Waals surface area contributed by atoms with E-state index in [0.717, 1.165) is 19.1 Å². The van der Waals surface area contributed by atoms with Crippen LogP contribution < -0.4 is 5.32 Å². The van der Waals surface area contributed by atoms with Crippen LogP contribution in [0.1, 0.15) is 65.7 Å². The Morgan fingerprint density at radius 2 is 2.00 bits per heavy atom. The monoisotopic (exact) mass is 241 g/mol. The highest BCUT2D eigenvalue weighted by atomic mass is 16.5. The van der Waals surface area contributed by atoms with Gasteiger partial charge in [-0.25, -0.2) is 0 Å². The van der Waals surface area contributed by atoms with Crippen molar-refractivity contribution in [3.05, 3.63) is 0 Å². The summed E-state index contributed by atoms with van der Waals surface area (Å²) in [5.74, 6) is 0.782. The van der Waals surface area contributed by atoms with Gasteiger partial charge in [-0.2, -0.15) is 0 Å². The minimum absolute atomic E-state index is 0.551. The molecular weight excluding hydrogens is 210 g/mol. The Labute approximate surface area is 108 Å². The minimum atomic E-state index is 0.551. The van der Waals surface area contributed by atoms with Crippen molar-refractivity contribution in [1.29, 1.82) is 0 Å². The quantitative estimate of drug-likeness (QED) is 0.653. The number of hydrogen-bond donors (Lipinski definition) is 1.